The van der Waals surface area contributed by atoms with Crippen LogP contribution >= 0.6 is 0 Å². The van der Waals surface area contributed by atoms with Gasteiger partial charge in [-0.05, 0) is 61.4 Å². The largest absolute Gasteiger partial charge is 0.309 e. The van der Waals surface area contributed by atoms with E-state index in [4.69, 9.17) is 4.98 Å². The zero-order valence-corrected chi connectivity index (χ0v) is 13.2. The van der Waals surface area contributed by atoms with Gasteiger partial charge < -0.3 is 5.32 Å². The summed E-state index contributed by atoms with van der Waals surface area (Å²) in [5.41, 5.74) is 6.80. The molecule has 0 aliphatic heterocycles. The first kappa shape index (κ1) is 14.3. The molecule has 1 aliphatic carbocycles. The molecule has 2 heteroatoms. The van der Waals surface area contributed by atoms with E-state index in [0.717, 1.165) is 13.0 Å². The van der Waals surface area contributed by atoms with E-state index in [1.165, 1.54) is 34.4 Å². The molecule has 110 valence electrons. The van der Waals surface area contributed by atoms with Gasteiger partial charge >= 0.3 is 0 Å². The van der Waals surface area contributed by atoms with Crippen LogP contribution in [0.4, 0.5) is 0 Å². The predicted molar refractivity (Wildman–Crippen MR) is 87.6 cm³/mol. The van der Waals surface area contributed by atoms with Gasteiger partial charge in [-0.1, -0.05) is 37.3 Å². The highest BCUT2D eigenvalue weighted by atomic mass is 14.9. The highest BCUT2D eigenvalue weighted by Crippen LogP contribution is 2.40. The van der Waals surface area contributed by atoms with E-state index in [2.05, 4.69) is 56.4 Å². The van der Waals surface area contributed by atoms with Crippen LogP contribution in [0, 0.1) is 13.8 Å². The van der Waals surface area contributed by atoms with Gasteiger partial charge in [-0.2, -0.15) is 0 Å². The van der Waals surface area contributed by atoms with E-state index in [1.807, 2.05) is 6.20 Å². The number of rotatable bonds is 5. The Morgan fingerprint density at radius 1 is 1.29 bits per heavy atom. The maximum absolute atomic E-state index is 4.70. The van der Waals surface area contributed by atoms with Crippen LogP contribution in [0.2, 0.25) is 0 Å². The fourth-order valence-corrected chi connectivity index (χ4v) is 3.49. The topological polar surface area (TPSA) is 24.9 Å². The minimum atomic E-state index is 0.356. The molecular formula is C19H24N2. The van der Waals surface area contributed by atoms with Crippen LogP contribution in [-0.2, 0) is 6.42 Å². The quantitative estimate of drug-likeness (QED) is 0.892. The number of nitrogens with one attached hydrogen (secondary N) is 1. The van der Waals surface area contributed by atoms with E-state index < -0.39 is 0 Å². The van der Waals surface area contributed by atoms with Crippen molar-refractivity contribution in [1.82, 2.24) is 10.3 Å². The minimum Gasteiger partial charge on any atom is -0.309 e. The van der Waals surface area contributed by atoms with E-state index in [-0.39, 0.29) is 0 Å². The highest BCUT2D eigenvalue weighted by molar-refractivity contribution is 5.40. The van der Waals surface area contributed by atoms with Crippen LogP contribution in [0.25, 0.3) is 0 Å². The Morgan fingerprint density at radius 3 is 2.81 bits per heavy atom. The van der Waals surface area contributed by atoms with Crippen LogP contribution in [0.5, 0.6) is 0 Å². The summed E-state index contributed by atoms with van der Waals surface area (Å²) in [5.74, 6) is 0.674. The second-order valence-corrected chi connectivity index (χ2v) is 6.16. The predicted octanol–water partition coefficient (Wildman–Crippen LogP) is 4.08. The molecule has 0 amide bonds. The van der Waals surface area contributed by atoms with Crippen molar-refractivity contribution in [1.29, 1.82) is 0 Å². The zero-order valence-electron chi connectivity index (χ0n) is 13.2. The van der Waals surface area contributed by atoms with Crippen LogP contribution in [0.3, 0.4) is 0 Å². The molecule has 0 saturated heterocycles. The lowest BCUT2D eigenvalue weighted by Crippen LogP contribution is -2.28. The van der Waals surface area contributed by atoms with Crippen molar-refractivity contribution in [2.75, 3.05) is 6.54 Å². The number of fused-ring (bicyclic) bond motifs is 1. The van der Waals surface area contributed by atoms with Crippen molar-refractivity contribution < 1.29 is 0 Å². The number of hydrogen-bond donors (Lipinski definition) is 1. The third kappa shape index (κ3) is 2.86. The van der Waals surface area contributed by atoms with E-state index >= 15 is 0 Å². The molecule has 1 aromatic carbocycles. The standard InChI is InChI=1S/C19H24N2/c1-4-20-18(19-14(3)9-13(2)12-21-19)11-16-10-15-7-5-6-8-17(15)16/h5-9,12,16,18,20H,4,10-11H2,1-3H3. The number of aromatic nitrogens is 1. The molecule has 2 aromatic rings. The Kier molecular flexibility index (Phi) is 4.07. The number of pyridine rings is 1. The molecule has 3 rings (SSSR count). The molecule has 0 radical (unpaired) electrons. The first-order chi connectivity index (χ1) is 10.2. The fourth-order valence-electron chi connectivity index (χ4n) is 3.49. The maximum atomic E-state index is 4.70. The number of hydrogen-bond acceptors (Lipinski definition) is 2. The van der Waals surface area contributed by atoms with Gasteiger partial charge in [0, 0.05) is 6.20 Å². The van der Waals surface area contributed by atoms with Gasteiger partial charge in [0.2, 0.25) is 0 Å². The van der Waals surface area contributed by atoms with Gasteiger partial charge in [0.25, 0.3) is 0 Å². The van der Waals surface area contributed by atoms with Crippen LogP contribution in [0.1, 0.15) is 53.3 Å². The number of aryl methyl sites for hydroxylation is 2. The maximum Gasteiger partial charge on any atom is 0.0602 e. The lowest BCUT2D eigenvalue weighted by Gasteiger charge is -2.33. The van der Waals surface area contributed by atoms with Gasteiger partial charge in [-0.15, -0.1) is 0 Å². The Balaban J connectivity index is 1.80. The molecule has 2 atom stereocenters. The van der Waals surface area contributed by atoms with E-state index in [1.54, 1.807) is 0 Å². The van der Waals surface area contributed by atoms with Crippen molar-refractivity contribution in [3.63, 3.8) is 0 Å². The Morgan fingerprint density at radius 2 is 2.10 bits per heavy atom. The van der Waals surface area contributed by atoms with E-state index in [9.17, 15) is 0 Å². The molecule has 1 heterocycles. The second kappa shape index (κ2) is 5.98. The molecule has 0 bridgehead atoms. The van der Waals surface area contributed by atoms with Gasteiger partial charge in [-0.3, -0.25) is 4.98 Å². The highest BCUT2D eigenvalue weighted by Gasteiger charge is 2.29. The fraction of sp³-hybridized carbons (Fsp3) is 0.421. The van der Waals surface area contributed by atoms with Crippen molar-refractivity contribution in [3.8, 4) is 0 Å². The lowest BCUT2D eigenvalue weighted by molar-refractivity contribution is 0.427. The molecule has 1 N–H and O–H groups in total. The Labute approximate surface area is 127 Å². The first-order valence-corrected chi connectivity index (χ1v) is 7.93. The van der Waals surface area contributed by atoms with Crippen LogP contribution in [-0.4, -0.2) is 11.5 Å². The molecule has 2 nitrogen and oxygen atoms in total. The monoisotopic (exact) mass is 280 g/mol. The molecule has 0 spiro atoms. The summed E-state index contributed by atoms with van der Waals surface area (Å²) < 4.78 is 0. The first-order valence-electron chi connectivity index (χ1n) is 7.93. The Hall–Kier alpha value is -1.67. The summed E-state index contributed by atoms with van der Waals surface area (Å²) >= 11 is 0. The van der Waals surface area contributed by atoms with Crippen molar-refractivity contribution in [2.45, 2.75) is 45.6 Å². The SMILES string of the molecule is CCNC(CC1Cc2ccccc21)c1ncc(C)cc1C. The summed E-state index contributed by atoms with van der Waals surface area (Å²) in [7, 11) is 0. The van der Waals surface area contributed by atoms with Crippen molar-refractivity contribution in [2.24, 2.45) is 0 Å². The molecule has 21 heavy (non-hydrogen) atoms. The number of benzene rings is 1. The summed E-state index contributed by atoms with van der Waals surface area (Å²) in [6, 6.07) is 11.4. The van der Waals surface area contributed by atoms with Gasteiger partial charge in [0.1, 0.15) is 0 Å². The summed E-state index contributed by atoms with van der Waals surface area (Å²) in [6.07, 6.45) is 4.34. The van der Waals surface area contributed by atoms with Gasteiger partial charge in [0.15, 0.2) is 0 Å². The third-order valence-electron chi connectivity index (χ3n) is 4.52. The third-order valence-corrected chi connectivity index (χ3v) is 4.52. The molecular weight excluding hydrogens is 256 g/mol. The molecule has 1 aliphatic rings. The summed E-state index contributed by atoms with van der Waals surface area (Å²) in [4.78, 5) is 4.70. The van der Waals surface area contributed by atoms with Crippen LogP contribution < -0.4 is 5.32 Å². The van der Waals surface area contributed by atoms with Crippen LogP contribution in [0.15, 0.2) is 36.5 Å². The normalized spacial score (nSPS) is 18.0. The lowest BCUT2D eigenvalue weighted by atomic mass is 9.74. The minimum absolute atomic E-state index is 0.356. The van der Waals surface area contributed by atoms with Gasteiger partial charge in [-0.25, -0.2) is 0 Å². The average molecular weight is 280 g/mol. The molecule has 0 saturated carbocycles. The zero-order chi connectivity index (χ0) is 14.8. The van der Waals surface area contributed by atoms with E-state index in [0.29, 0.717) is 12.0 Å². The average Bonchev–Trinajstić information content (AvgIpc) is 2.44. The molecule has 1 aromatic heterocycles. The van der Waals surface area contributed by atoms with Crippen molar-refractivity contribution >= 4 is 0 Å². The second-order valence-electron chi connectivity index (χ2n) is 6.16. The van der Waals surface area contributed by atoms with Crippen molar-refractivity contribution in [3.05, 3.63) is 64.5 Å². The van der Waals surface area contributed by atoms with Gasteiger partial charge in [0.05, 0.1) is 11.7 Å². The molecule has 2 unspecified atom stereocenters. The number of nitrogens with zero attached hydrogens (tertiary/aromatic N) is 1. The molecule has 0 fully saturated rings. The smallest absolute Gasteiger partial charge is 0.0602 e. The summed E-state index contributed by atoms with van der Waals surface area (Å²) in [5, 5.41) is 3.63. The Bertz CT molecular complexity index is 633. The summed E-state index contributed by atoms with van der Waals surface area (Å²) in [6.45, 7) is 7.43.